The molecule has 1 unspecified atom stereocenters. The first-order valence-electron chi connectivity index (χ1n) is 5.42. The number of hydrogen-bond donors (Lipinski definition) is 0. The van der Waals surface area contributed by atoms with E-state index in [1.807, 2.05) is 18.2 Å². The number of piperidine rings is 1. The SMILES string of the molecule is C=C/C=C(\C=C)CN1CCCC(C)C1. The van der Waals surface area contributed by atoms with Crippen LogP contribution >= 0.6 is 0 Å². The molecule has 1 heteroatoms. The first kappa shape index (κ1) is 11.3. The van der Waals surface area contributed by atoms with E-state index in [-0.39, 0.29) is 0 Å². The molecule has 0 bridgehead atoms. The van der Waals surface area contributed by atoms with Crippen molar-refractivity contribution in [2.45, 2.75) is 19.8 Å². The molecule has 0 saturated carbocycles. The van der Waals surface area contributed by atoms with E-state index in [1.165, 1.54) is 31.5 Å². The Labute approximate surface area is 87.8 Å². The summed E-state index contributed by atoms with van der Waals surface area (Å²) in [6, 6.07) is 0. The summed E-state index contributed by atoms with van der Waals surface area (Å²) < 4.78 is 0. The fourth-order valence-electron chi connectivity index (χ4n) is 2.03. The van der Waals surface area contributed by atoms with Gasteiger partial charge in [0.1, 0.15) is 0 Å². The molecule has 0 aromatic heterocycles. The zero-order valence-electron chi connectivity index (χ0n) is 9.21. The van der Waals surface area contributed by atoms with Crippen molar-refractivity contribution in [1.29, 1.82) is 0 Å². The van der Waals surface area contributed by atoms with Crippen LogP contribution in [0.3, 0.4) is 0 Å². The summed E-state index contributed by atoms with van der Waals surface area (Å²) in [5.41, 5.74) is 1.27. The van der Waals surface area contributed by atoms with Gasteiger partial charge < -0.3 is 0 Å². The fraction of sp³-hybridized carbons (Fsp3) is 0.538. The smallest absolute Gasteiger partial charge is 0.0233 e. The van der Waals surface area contributed by atoms with Gasteiger partial charge in [-0.05, 0) is 30.9 Å². The molecular formula is C13H21N. The summed E-state index contributed by atoms with van der Waals surface area (Å²) in [7, 11) is 0. The van der Waals surface area contributed by atoms with Gasteiger partial charge >= 0.3 is 0 Å². The summed E-state index contributed by atoms with van der Waals surface area (Å²) >= 11 is 0. The average molecular weight is 191 g/mol. The van der Waals surface area contributed by atoms with Gasteiger partial charge in [0.2, 0.25) is 0 Å². The maximum atomic E-state index is 3.82. The molecule has 0 aromatic carbocycles. The standard InChI is InChI=1S/C13H21N/c1-4-7-13(5-2)11-14-9-6-8-12(3)10-14/h4-5,7,12H,1-2,6,8-11H2,3H3/b13-7+. The second kappa shape index (κ2) is 5.82. The first-order valence-corrected chi connectivity index (χ1v) is 5.42. The third-order valence-corrected chi connectivity index (χ3v) is 2.74. The Balaban J connectivity index is 2.45. The van der Waals surface area contributed by atoms with Crippen LogP contribution in [0.4, 0.5) is 0 Å². The molecule has 1 rings (SSSR count). The van der Waals surface area contributed by atoms with Crippen molar-refractivity contribution in [3.05, 3.63) is 37.0 Å². The lowest BCUT2D eigenvalue weighted by Crippen LogP contribution is -2.35. The molecule has 1 aliphatic rings. The lowest BCUT2D eigenvalue weighted by Gasteiger charge is -2.31. The van der Waals surface area contributed by atoms with Crippen molar-refractivity contribution in [3.8, 4) is 0 Å². The maximum Gasteiger partial charge on any atom is 0.0233 e. The zero-order chi connectivity index (χ0) is 10.4. The molecule has 0 N–H and O–H groups in total. The number of hydrogen-bond acceptors (Lipinski definition) is 1. The van der Waals surface area contributed by atoms with E-state index in [1.54, 1.807) is 0 Å². The topological polar surface area (TPSA) is 3.24 Å². The molecule has 1 saturated heterocycles. The van der Waals surface area contributed by atoms with Gasteiger partial charge in [0, 0.05) is 13.1 Å². The van der Waals surface area contributed by atoms with Crippen LogP contribution in [0.5, 0.6) is 0 Å². The molecule has 1 nitrogen and oxygen atoms in total. The molecule has 0 radical (unpaired) electrons. The van der Waals surface area contributed by atoms with Crippen LogP contribution in [0, 0.1) is 5.92 Å². The van der Waals surface area contributed by atoms with Crippen LogP contribution in [0.2, 0.25) is 0 Å². The van der Waals surface area contributed by atoms with E-state index < -0.39 is 0 Å². The summed E-state index contributed by atoms with van der Waals surface area (Å²) in [6.45, 7) is 13.3. The van der Waals surface area contributed by atoms with Gasteiger partial charge in [0.25, 0.3) is 0 Å². The molecule has 1 fully saturated rings. The third kappa shape index (κ3) is 3.51. The van der Waals surface area contributed by atoms with Gasteiger partial charge in [-0.3, -0.25) is 4.90 Å². The molecule has 14 heavy (non-hydrogen) atoms. The van der Waals surface area contributed by atoms with Gasteiger partial charge in [0.15, 0.2) is 0 Å². The second-order valence-electron chi connectivity index (χ2n) is 4.16. The highest BCUT2D eigenvalue weighted by molar-refractivity contribution is 5.22. The van der Waals surface area contributed by atoms with E-state index in [2.05, 4.69) is 25.0 Å². The Morgan fingerprint density at radius 2 is 2.29 bits per heavy atom. The lowest BCUT2D eigenvalue weighted by atomic mass is 10.00. The van der Waals surface area contributed by atoms with Gasteiger partial charge in [-0.15, -0.1) is 0 Å². The number of rotatable bonds is 4. The van der Waals surface area contributed by atoms with Crippen molar-refractivity contribution in [1.82, 2.24) is 4.90 Å². The molecule has 0 aliphatic carbocycles. The quantitative estimate of drug-likeness (QED) is 0.617. The van der Waals surface area contributed by atoms with Crippen LogP contribution in [-0.4, -0.2) is 24.5 Å². The van der Waals surface area contributed by atoms with E-state index >= 15 is 0 Å². The Bertz CT molecular complexity index is 227. The van der Waals surface area contributed by atoms with Gasteiger partial charge in [-0.2, -0.15) is 0 Å². The largest absolute Gasteiger partial charge is 0.299 e. The predicted molar refractivity (Wildman–Crippen MR) is 63.3 cm³/mol. The molecule has 0 amide bonds. The Morgan fingerprint density at radius 1 is 1.50 bits per heavy atom. The Morgan fingerprint density at radius 3 is 2.86 bits per heavy atom. The van der Waals surface area contributed by atoms with Crippen LogP contribution in [0.25, 0.3) is 0 Å². The summed E-state index contributed by atoms with van der Waals surface area (Å²) in [5.74, 6) is 0.846. The van der Waals surface area contributed by atoms with Gasteiger partial charge in [-0.25, -0.2) is 0 Å². The van der Waals surface area contributed by atoms with Crippen LogP contribution in [0.15, 0.2) is 37.0 Å². The van der Waals surface area contributed by atoms with Crippen molar-refractivity contribution in [3.63, 3.8) is 0 Å². The van der Waals surface area contributed by atoms with Crippen molar-refractivity contribution < 1.29 is 0 Å². The zero-order valence-corrected chi connectivity index (χ0v) is 9.21. The fourth-order valence-corrected chi connectivity index (χ4v) is 2.03. The normalized spacial score (nSPS) is 24.6. The van der Waals surface area contributed by atoms with Crippen molar-refractivity contribution in [2.24, 2.45) is 5.92 Å². The maximum absolute atomic E-state index is 3.82. The highest BCUT2D eigenvalue weighted by atomic mass is 15.1. The van der Waals surface area contributed by atoms with Crippen LogP contribution in [0.1, 0.15) is 19.8 Å². The molecule has 1 atom stereocenters. The van der Waals surface area contributed by atoms with Crippen LogP contribution < -0.4 is 0 Å². The minimum atomic E-state index is 0.846. The predicted octanol–water partition coefficient (Wildman–Crippen LogP) is 3.02. The van der Waals surface area contributed by atoms with E-state index in [4.69, 9.17) is 0 Å². The second-order valence-corrected chi connectivity index (χ2v) is 4.16. The lowest BCUT2D eigenvalue weighted by molar-refractivity contribution is 0.199. The van der Waals surface area contributed by atoms with Crippen molar-refractivity contribution >= 4 is 0 Å². The number of likely N-dealkylation sites (tertiary alicyclic amines) is 1. The van der Waals surface area contributed by atoms with Gasteiger partial charge in [0.05, 0.1) is 0 Å². The number of nitrogens with zero attached hydrogens (tertiary/aromatic N) is 1. The summed E-state index contributed by atoms with van der Waals surface area (Å²) in [6.07, 6.45) is 8.53. The Hall–Kier alpha value is -0.820. The summed E-state index contributed by atoms with van der Waals surface area (Å²) in [4.78, 5) is 2.51. The molecule has 78 valence electrons. The summed E-state index contributed by atoms with van der Waals surface area (Å²) in [5, 5.41) is 0. The highest BCUT2D eigenvalue weighted by Crippen LogP contribution is 2.16. The highest BCUT2D eigenvalue weighted by Gasteiger charge is 2.15. The third-order valence-electron chi connectivity index (χ3n) is 2.74. The number of allylic oxidation sites excluding steroid dienone is 2. The Kier molecular flexibility index (Phi) is 4.68. The van der Waals surface area contributed by atoms with E-state index in [9.17, 15) is 0 Å². The van der Waals surface area contributed by atoms with Crippen molar-refractivity contribution in [2.75, 3.05) is 19.6 Å². The van der Waals surface area contributed by atoms with E-state index in [0.717, 1.165) is 12.5 Å². The minimum absolute atomic E-state index is 0.846. The minimum Gasteiger partial charge on any atom is -0.299 e. The monoisotopic (exact) mass is 191 g/mol. The molecule has 1 heterocycles. The van der Waals surface area contributed by atoms with Crippen LogP contribution in [-0.2, 0) is 0 Å². The van der Waals surface area contributed by atoms with E-state index in [0.29, 0.717) is 0 Å². The molecular weight excluding hydrogens is 170 g/mol. The molecule has 1 aliphatic heterocycles. The molecule has 0 spiro atoms. The first-order chi connectivity index (χ1) is 6.76. The molecule has 0 aromatic rings. The van der Waals surface area contributed by atoms with Gasteiger partial charge in [-0.1, -0.05) is 38.3 Å². The average Bonchev–Trinajstić information content (AvgIpc) is 2.17.